The summed E-state index contributed by atoms with van der Waals surface area (Å²) in [5.41, 5.74) is 11.7. The van der Waals surface area contributed by atoms with Crippen molar-refractivity contribution in [1.82, 2.24) is 0 Å². The third kappa shape index (κ3) is 11.2. The van der Waals surface area contributed by atoms with E-state index in [-0.39, 0.29) is 38.4 Å². The van der Waals surface area contributed by atoms with E-state index in [1.807, 2.05) is 43.3 Å². The van der Waals surface area contributed by atoms with Gasteiger partial charge in [-0.05, 0) is 112 Å². The average Bonchev–Trinajstić information content (AvgIpc) is 3.62. The zero-order chi connectivity index (χ0) is 47.6. The molecule has 0 aromatic heterocycles. The topological polar surface area (TPSA) is 114 Å². The fraction of sp³-hybridized carbons (Fsp3) is 0.368. The number of aliphatic hydroxyl groups excluding tert-OH is 2. The molecule has 2 N–H and O–H groups in total. The molecule has 0 radical (unpaired) electrons. The molecule has 354 valence electrons. The number of rotatable bonds is 23. The second kappa shape index (κ2) is 22.4. The van der Waals surface area contributed by atoms with Crippen LogP contribution in [0.25, 0.3) is 22.3 Å². The summed E-state index contributed by atoms with van der Waals surface area (Å²) in [6, 6.07) is 41.8. The molecular formula is C57H66O10. The van der Waals surface area contributed by atoms with E-state index in [0.717, 1.165) is 50.3 Å². The highest BCUT2D eigenvalue weighted by molar-refractivity contribution is 5.86. The van der Waals surface area contributed by atoms with Crippen molar-refractivity contribution in [3.05, 3.63) is 166 Å². The number of hydrogen-bond acceptors (Lipinski definition) is 10. The van der Waals surface area contributed by atoms with E-state index in [0.29, 0.717) is 43.5 Å². The van der Waals surface area contributed by atoms with Crippen molar-refractivity contribution < 1.29 is 48.1 Å². The molecule has 0 amide bonds. The summed E-state index contributed by atoms with van der Waals surface area (Å²) in [5.74, 6) is 2.69. The quantitative estimate of drug-likeness (QED) is 0.0643. The summed E-state index contributed by atoms with van der Waals surface area (Å²) in [6.07, 6.45) is -0.855. The highest BCUT2D eigenvalue weighted by Gasteiger charge is 2.46. The van der Waals surface area contributed by atoms with Crippen LogP contribution < -0.4 is 18.9 Å². The van der Waals surface area contributed by atoms with E-state index < -0.39 is 17.6 Å². The Hall–Kier alpha value is -5.72. The van der Waals surface area contributed by atoms with E-state index >= 15 is 0 Å². The first-order valence-corrected chi connectivity index (χ1v) is 23.0. The average molecular weight is 911 g/mol. The van der Waals surface area contributed by atoms with Gasteiger partial charge in [-0.3, -0.25) is 0 Å². The van der Waals surface area contributed by atoms with Gasteiger partial charge in [-0.15, -0.1) is 0 Å². The molecule has 0 aliphatic heterocycles. The summed E-state index contributed by atoms with van der Waals surface area (Å²) >= 11 is 0. The first-order valence-electron chi connectivity index (χ1n) is 23.0. The van der Waals surface area contributed by atoms with E-state index in [1.54, 1.807) is 28.4 Å². The van der Waals surface area contributed by atoms with Gasteiger partial charge in [0.1, 0.15) is 48.9 Å². The molecule has 67 heavy (non-hydrogen) atoms. The van der Waals surface area contributed by atoms with E-state index in [2.05, 4.69) is 106 Å². The highest BCUT2D eigenvalue weighted by atomic mass is 16.5. The Balaban J connectivity index is 1.10. The van der Waals surface area contributed by atoms with Crippen molar-refractivity contribution in [3.63, 3.8) is 0 Å². The maximum atomic E-state index is 11.3. The van der Waals surface area contributed by atoms with Gasteiger partial charge in [0.25, 0.3) is 0 Å². The fourth-order valence-electron chi connectivity index (χ4n) is 9.41. The predicted molar refractivity (Wildman–Crippen MR) is 262 cm³/mol. The molecule has 7 rings (SSSR count). The lowest BCUT2D eigenvalue weighted by Gasteiger charge is -2.34. The first-order chi connectivity index (χ1) is 32.4. The van der Waals surface area contributed by atoms with Crippen LogP contribution in [-0.2, 0) is 50.8 Å². The number of methoxy groups -OCH3 is 4. The minimum Gasteiger partial charge on any atom is -0.493 e. The van der Waals surface area contributed by atoms with Crippen LogP contribution in [-0.4, -0.2) is 77.3 Å². The summed E-state index contributed by atoms with van der Waals surface area (Å²) < 4.78 is 47.1. The predicted octanol–water partition coefficient (Wildman–Crippen LogP) is 10.7. The van der Waals surface area contributed by atoms with Crippen molar-refractivity contribution in [2.24, 2.45) is 5.41 Å². The largest absolute Gasteiger partial charge is 0.493 e. The van der Waals surface area contributed by atoms with Crippen LogP contribution in [0.15, 0.2) is 121 Å². The molecule has 0 fully saturated rings. The van der Waals surface area contributed by atoms with Crippen LogP contribution in [0.4, 0.5) is 0 Å². The smallest absolute Gasteiger partial charge is 0.130 e. The lowest BCUT2D eigenvalue weighted by molar-refractivity contribution is 0.0601. The molecule has 6 aromatic carbocycles. The Kier molecular flexibility index (Phi) is 16.4. The maximum Gasteiger partial charge on any atom is 0.130 e. The summed E-state index contributed by atoms with van der Waals surface area (Å²) in [7, 11) is 6.62. The van der Waals surface area contributed by atoms with Crippen molar-refractivity contribution in [2.75, 3.05) is 54.9 Å². The molecule has 0 heterocycles. The maximum absolute atomic E-state index is 11.3. The molecule has 10 heteroatoms. The van der Waals surface area contributed by atoms with Gasteiger partial charge >= 0.3 is 0 Å². The van der Waals surface area contributed by atoms with Crippen molar-refractivity contribution >= 4 is 0 Å². The minimum atomic E-state index is -0.945. The van der Waals surface area contributed by atoms with Crippen molar-refractivity contribution in [3.8, 4) is 45.3 Å². The van der Waals surface area contributed by atoms with Crippen LogP contribution in [0.3, 0.4) is 0 Å². The monoisotopic (exact) mass is 910 g/mol. The van der Waals surface area contributed by atoms with E-state index in [9.17, 15) is 10.2 Å². The summed E-state index contributed by atoms with van der Waals surface area (Å²) in [5, 5.41) is 21.9. The number of ether oxygens (including phenoxy) is 8. The third-order valence-electron chi connectivity index (χ3n) is 12.0. The molecule has 1 aliphatic carbocycles. The molecular weight excluding hydrogens is 845 g/mol. The minimum absolute atomic E-state index is 0.0000867. The van der Waals surface area contributed by atoms with Crippen molar-refractivity contribution in [2.45, 2.75) is 78.2 Å². The van der Waals surface area contributed by atoms with Gasteiger partial charge in [0.2, 0.25) is 0 Å². The zero-order valence-corrected chi connectivity index (χ0v) is 40.2. The molecule has 0 saturated heterocycles. The Morgan fingerprint density at radius 2 is 0.851 bits per heavy atom. The van der Waals surface area contributed by atoms with Gasteiger partial charge in [-0.1, -0.05) is 93.6 Å². The van der Waals surface area contributed by atoms with Gasteiger partial charge in [0.15, 0.2) is 0 Å². The van der Waals surface area contributed by atoms with E-state index in [1.165, 1.54) is 22.3 Å². The Morgan fingerprint density at radius 3 is 1.24 bits per heavy atom. The van der Waals surface area contributed by atoms with Gasteiger partial charge in [-0.2, -0.15) is 0 Å². The van der Waals surface area contributed by atoms with Crippen LogP contribution in [0.1, 0.15) is 78.6 Å². The van der Waals surface area contributed by atoms with Crippen molar-refractivity contribution in [1.29, 1.82) is 0 Å². The second-order valence-electron chi connectivity index (χ2n) is 18.3. The standard InChI is InChI=1S/C57H66O10/c1-9-64-54-40(31-60-5)26-38(27-41(54)32-61-6)39-28-42(33-62-7)55(43(29-39)34-63-8)67-37-47(59)36-66-49-24-20-45(21-25-49)57(52-16-12-10-14-50(52)51-15-11-13-17-53(51)57)44-18-22-48(23-19-44)65-35-46(58)30-56(2,3)4/h10-29,46-47,58-59H,9,30-37H2,1-8H3. The lowest BCUT2D eigenvalue weighted by Crippen LogP contribution is -2.28. The Bertz CT molecular complexity index is 2440. The summed E-state index contributed by atoms with van der Waals surface area (Å²) in [6.45, 7) is 10.3. The molecule has 2 atom stereocenters. The molecule has 2 unspecified atom stereocenters. The Labute approximate surface area is 396 Å². The fourth-order valence-corrected chi connectivity index (χ4v) is 9.41. The third-order valence-corrected chi connectivity index (χ3v) is 12.0. The molecule has 0 bridgehead atoms. The lowest BCUT2D eigenvalue weighted by atomic mass is 9.68. The first kappa shape index (κ1) is 49.2. The highest BCUT2D eigenvalue weighted by Crippen LogP contribution is 2.56. The molecule has 1 aliphatic rings. The molecule has 10 nitrogen and oxygen atoms in total. The normalized spacial score (nSPS) is 13.7. The number of aliphatic hydroxyl groups is 2. The number of fused-ring (bicyclic) bond motifs is 3. The van der Waals surface area contributed by atoms with Crippen LogP contribution >= 0.6 is 0 Å². The van der Waals surface area contributed by atoms with E-state index in [4.69, 9.17) is 37.9 Å². The number of hydrogen-bond donors (Lipinski definition) is 2. The van der Waals surface area contributed by atoms with Gasteiger partial charge < -0.3 is 48.1 Å². The second-order valence-corrected chi connectivity index (χ2v) is 18.3. The van der Waals surface area contributed by atoms with Gasteiger partial charge in [0, 0.05) is 50.7 Å². The molecule has 6 aromatic rings. The summed E-state index contributed by atoms with van der Waals surface area (Å²) in [4.78, 5) is 0. The van der Waals surface area contributed by atoms with Crippen LogP contribution in [0.5, 0.6) is 23.0 Å². The SMILES string of the molecule is CCOc1c(COC)cc(-c2cc(COC)c(OCC(O)COc3ccc(C4(c5ccc(OCC(O)CC(C)(C)C)cc5)c5ccccc5-c5ccccc54)cc3)c(COC)c2)cc1COC. The van der Waals surface area contributed by atoms with Crippen LogP contribution in [0, 0.1) is 5.41 Å². The molecule has 0 saturated carbocycles. The van der Waals surface area contributed by atoms with Crippen LogP contribution in [0.2, 0.25) is 0 Å². The zero-order valence-electron chi connectivity index (χ0n) is 40.2. The number of benzene rings is 6. The van der Waals surface area contributed by atoms with Gasteiger partial charge in [-0.25, -0.2) is 0 Å². The molecule has 0 spiro atoms. The van der Waals surface area contributed by atoms with Gasteiger partial charge in [0.05, 0.1) is 44.6 Å². The Morgan fingerprint density at radius 1 is 0.478 bits per heavy atom.